The molecule has 30 heavy (non-hydrogen) atoms. The van der Waals surface area contributed by atoms with Gasteiger partial charge in [0.05, 0.1) is 33.7 Å². The lowest BCUT2D eigenvalue weighted by Gasteiger charge is -2.34. The van der Waals surface area contributed by atoms with Gasteiger partial charge in [-0.15, -0.1) is 11.3 Å². The molecule has 0 radical (unpaired) electrons. The molecule has 2 fully saturated rings. The van der Waals surface area contributed by atoms with E-state index in [-0.39, 0.29) is 28.7 Å². The molecular formula is C21H22ClFN2O4S. The van der Waals surface area contributed by atoms with Crippen molar-refractivity contribution in [2.45, 2.75) is 26.1 Å². The number of amides is 2. The van der Waals surface area contributed by atoms with E-state index in [4.69, 9.17) is 21.1 Å². The molecule has 6 nitrogen and oxygen atoms in total. The first-order valence-corrected chi connectivity index (χ1v) is 11.0. The molecule has 3 heterocycles. The number of hydrogen-bond acceptors (Lipinski definition) is 5. The van der Waals surface area contributed by atoms with E-state index in [0.29, 0.717) is 36.2 Å². The number of rotatable bonds is 4. The quantitative estimate of drug-likeness (QED) is 0.749. The highest BCUT2D eigenvalue weighted by Crippen LogP contribution is 2.31. The fourth-order valence-electron chi connectivity index (χ4n) is 3.82. The van der Waals surface area contributed by atoms with Crippen LogP contribution in [-0.4, -0.2) is 49.3 Å². The molecule has 4 rings (SSSR count). The summed E-state index contributed by atoms with van der Waals surface area (Å²) in [5, 5.41) is 3.33. The number of carbonyl (C=O) groups excluding carboxylic acids is 2. The molecule has 2 aliphatic rings. The van der Waals surface area contributed by atoms with Crippen molar-refractivity contribution in [3.8, 4) is 0 Å². The molecular weight excluding hydrogens is 431 g/mol. The first kappa shape index (κ1) is 21.2. The van der Waals surface area contributed by atoms with Gasteiger partial charge in [0.25, 0.3) is 11.8 Å². The Labute approximate surface area is 182 Å². The van der Waals surface area contributed by atoms with Crippen LogP contribution in [0.2, 0.25) is 5.02 Å². The molecule has 1 N–H and O–H groups in total. The Morgan fingerprint density at radius 2 is 2.03 bits per heavy atom. The van der Waals surface area contributed by atoms with Crippen LogP contribution in [0.25, 0.3) is 0 Å². The second-order valence-electron chi connectivity index (χ2n) is 7.46. The van der Waals surface area contributed by atoms with E-state index in [9.17, 15) is 14.0 Å². The second kappa shape index (κ2) is 9.01. The summed E-state index contributed by atoms with van der Waals surface area (Å²) in [6, 6.07) is 5.37. The van der Waals surface area contributed by atoms with Gasteiger partial charge in [0, 0.05) is 19.0 Å². The standard InChI is InChI=1S/C21H22ClFN2O4S/c1-12-9-17(24-19(26)15-5-4-14(23)10-16(15)22)30-18(12)20(27)25-6-2-3-13(11-25)21-28-7-8-29-21/h4-5,9-10,13,21H,2-3,6-8,11H2,1H3,(H,24,26). The van der Waals surface area contributed by atoms with Gasteiger partial charge in [-0.3, -0.25) is 9.59 Å². The average Bonchev–Trinajstić information content (AvgIpc) is 3.37. The molecule has 2 saturated heterocycles. The van der Waals surface area contributed by atoms with Gasteiger partial charge in [-0.2, -0.15) is 0 Å². The molecule has 0 saturated carbocycles. The predicted molar refractivity (Wildman–Crippen MR) is 113 cm³/mol. The van der Waals surface area contributed by atoms with Crippen LogP contribution in [0.1, 0.15) is 38.4 Å². The summed E-state index contributed by atoms with van der Waals surface area (Å²) < 4.78 is 24.4. The Bertz CT molecular complexity index is 960. The monoisotopic (exact) mass is 452 g/mol. The highest BCUT2D eigenvalue weighted by molar-refractivity contribution is 7.18. The zero-order chi connectivity index (χ0) is 21.3. The largest absolute Gasteiger partial charge is 0.350 e. The Kier molecular flexibility index (Phi) is 6.38. The molecule has 0 aliphatic carbocycles. The number of ether oxygens (including phenoxy) is 2. The van der Waals surface area contributed by atoms with Crippen LogP contribution in [0.4, 0.5) is 9.39 Å². The number of hydrogen-bond donors (Lipinski definition) is 1. The summed E-state index contributed by atoms with van der Waals surface area (Å²) in [5.41, 5.74) is 0.966. The lowest BCUT2D eigenvalue weighted by Crippen LogP contribution is -2.43. The van der Waals surface area contributed by atoms with Gasteiger partial charge in [-0.1, -0.05) is 11.6 Å². The first-order valence-electron chi connectivity index (χ1n) is 9.81. The predicted octanol–water partition coefficient (Wildman–Crippen LogP) is 4.33. The van der Waals surface area contributed by atoms with E-state index in [0.717, 1.165) is 24.5 Å². The van der Waals surface area contributed by atoms with Crippen LogP contribution < -0.4 is 5.32 Å². The summed E-state index contributed by atoms with van der Waals surface area (Å²) in [7, 11) is 0. The van der Waals surface area contributed by atoms with E-state index >= 15 is 0 Å². The lowest BCUT2D eigenvalue weighted by molar-refractivity contribution is -0.0969. The maximum Gasteiger partial charge on any atom is 0.264 e. The highest BCUT2D eigenvalue weighted by Gasteiger charge is 2.33. The summed E-state index contributed by atoms with van der Waals surface area (Å²) in [6.45, 7) is 4.31. The molecule has 160 valence electrons. The third-order valence-electron chi connectivity index (χ3n) is 5.30. The van der Waals surface area contributed by atoms with Crippen LogP contribution in [0.5, 0.6) is 0 Å². The van der Waals surface area contributed by atoms with E-state index in [1.54, 1.807) is 6.07 Å². The SMILES string of the molecule is Cc1cc(NC(=O)c2ccc(F)cc2Cl)sc1C(=O)N1CCCC(C2OCCO2)C1. The molecule has 1 aromatic heterocycles. The van der Waals surface area contributed by atoms with Crippen LogP contribution in [0, 0.1) is 18.7 Å². The number of carbonyl (C=O) groups is 2. The van der Waals surface area contributed by atoms with Gasteiger partial charge < -0.3 is 19.7 Å². The van der Waals surface area contributed by atoms with Gasteiger partial charge in [0.2, 0.25) is 0 Å². The summed E-state index contributed by atoms with van der Waals surface area (Å²) >= 11 is 7.19. The van der Waals surface area contributed by atoms with Crippen molar-refractivity contribution < 1.29 is 23.5 Å². The number of halogens is 2. The number of nitrogens with one attached hydrogen (secondary N) is 1. The van der Waals surface area contributed by atoms with Gasteiger partial charge >= 0.3 is 0 Å². The average molecular weight is 453 g/mol. The van der Waals surface area contributed by atoms with E-state index < -0.39 is 11.7 Å². The van der Waals surface area contributed by atoms with Gasteiger partial charge in [-0.05, 0) is 49.6 Å². The molecule has 1 atom stereocenters. The fraction of sp³-hybridized carbons (Fsp3) is 0.429. The number of thiophene rings is 1. The molecule has 9 heteroatoms. The van der Waals surface area contributed by atoms with Crippen molar-refractivity contribution in [3.63, 3.8) is 0 Å². The number of aryl methyl sites for hydroxylation is 1. The third-order valence-corrected chi connectivity index (χ3v) is 6.76. The van der Waals surface area contributed by atoms with Gasteiger partial charge in [0.15, 0.2) is 6.29 Å². The minimum atomic E-state index is -0.510. The van der Waals surface area contributed by atoms with Crippen molar-refractivity contribution in [1.29, 1.82) is 0 Å². The van der Waals surface area contributed by atoms with Crippen LogP contribution in [0.3, 0.4) is 0 Å². The minimum Gasteiger partial charge on any atom is -0.350 e. The first-order chi connectivity index (χ1) is 14.4. The maximum atomic E-state index is 13.2. The van der Waals surface area contributed by atoms with Crippen molar-refractivity contribution >= 4 is 39.8 Å². The molecule has 2 amide bonds. The normalized spacial score (nSPS) is 19.8. The topological polar surface area (TPSA) is 67.9 Å². The second-order valence-corrected chi connectivity index (χ2v) is 8.92. The Morgan fingerprint density at radius 1 is 1.27 bits per heavy atom. The van der Waals surface area contributed by atoms with E-state index in [1.165, 1.54) is 23.5 Å². The van der Waals surface area contributed by atoms with Crippen molar-refractivity contribution in [3.05, 3.63) is 51.1 Å². The van der Waals surface area contributed by atoms with Gasteiger partial charge in [0.1, 0.15) is 5.82 Å². The zero-order valence-corrected chi connectivity index (χ0v) is 18.0. The zero-order valence-electron chi connectivity index (χ0n) is 16.5. The third kappa shape index (κ3) is 4.51. The van der Waals surface area contributed by atoms with E-state index in [1.807, 2.05) is 11.8 Å². The molecule has 0 spiro atoms. The van der Waals surface area contributed by atoms with Crippen molar-refractivity contribution in [2.75, 3.05) is 31.6 Å². The van der Waals surface area contributed by atoms with Crippen molar-refractivity contribution in [2.24, 2.45) is 5.92 Å². The van der Waals surface area contributed by atoms with Crippen LogP contribution >= 0.6 is 22.9 Å². The number of benzene rings is 1. The van der Waals surface area contributed by atoms with Crippen molar-refractivity contribution in [1.82, 2.24) is 4.90 Å². The molecule has 2 aliphatic heterocycles. The number of piperidine rings is 1. The van der Waals surface area contributed by atoms with Crippen LogP contribution in [-0.2, 0) is 9.47 Å². The molecule has 0 bridgehead atoms. The smallest absolute Gasteiger partial charge is 0.264 e. The summed E-state index contributed by atoms with van der Waals surface area (Å²) in [5.74, 6) is -0.843. The molecule has 1 aromatic carbocycles. The fourth-order valence-corrected chi connectivity index (χ4v) is 5.11. The Morgan fingerprint density at radius 3 is 2.77 bits per heavy atom. The summed E-state index contributed by atoms with van der Waals surface area (Å²) in [4.78, 5) is 28.0. The highest BCUT2D eigenvalue weighted by atomic mass is 35.5. The van der Waals surface area contributed by atoms with Crippen LogP contribution in [0.15, 0.2) is 24.3 Å². The minimum absolute atomic E-state index is 0.0350. The number of likely N-dealkylation sites (tertiary alicyclic amines) is 1. The Hall–Kier alpha value is -2.00. The number of nitrogens with zero attached hydrogens (tertiary/aromatic N) is 1. The Balaban J connectivity index is 1.45. The van der Waals surface area contributed by atoms with Gasteiger partial charge in [-0.25, -0.2) is 4.39 Å². The molecule has 1 unspecified atom stereocenters. The number of anilines is 1. The molecule has 2 aromatic rings. The maximum absolute atomic E-state index is 13.2. The van der Waals surface area contributed by atoms with E-state index in [2.05, 4.69) is 5.32 Å². The summed E-state index contributed by atoms with van der Waals surface area (Å²) in [6.07, 6.45) is 1.63. The lowest BCUT2D eigenvalue weighted by atomic mass is 9.97.